The molecule has 2 aromatic rings. The Balaban J connectivity index is 1.57. The molecule has 132 valence electrons. The van der Waals surface area contributed by atoms with Crippen molar-refractivity contribution < 1.29 is 13.9 Å². The number of hydrogen-bond donors (Lipinski definition) is 1. The van der Waals surface area contributed by atoms with Gasteiger partial charge in [-0.25, -0.2) is 4.39 Å². The van der Waals surface area contributed by atoms with Gasteiger partial charge in [-0.05, 0) is 18.9 Å². The van der Waals surface area contributed by atoms with Gasteiger partial charge in [0.2, 0.25) is 11.0 Å². The SMILES string of the molecule is O=C(Nc1nnc(C2CC2)s1)C(c1ccccc1F)N1CCOCC1. The summed E-state index contributed by atoms with van der Waals surface area (Å²) in [6.45, 7) is 2.22. The van der Waals surface area contributed by atoms with E-state index < -0.39 is 6.04 Å². The fraction of sp³-hybridized carbons (Fsp3) is 0.471. The Morgan fingerprint density at radius 2 is 2.04 bits per heavy atom. The van der Waals surface area contributed by atoms with Gasteiger partial charge in [-0.15, -0.1) is 10.2 Å². The third-order valence-electron chi connectivity index (χ3n) is 4.46. The topological polar surface area (TPSA) is 67.4 Å². The summed E-state index contributed by atoms with van der Waals surface area (Å²) in [5, 5.41) is 12.5. The van der Waals surface area contributed by atoms with Crippen molar-refractivity contribution in [3.8, 4) is 0 Å². The van der Waals surface area contributed by atoms with Crippen LogP contribution in [0.4, 0.5) is 9.52 Å². The van der Waals surface area contributed by atoms with Crippen molar-refractivity contribution >= 4 is 22.4 Å². The molecule has 1 N–H and O–H groups in total. The van der Waals surface area contributed by atoms with Crippen molar-refractivity contribution in [3.63, 3.8) is 0 Å². The lowest BCUT2D eigenvalue weighted by Gasteiger charge is -2.33. The summed E-state index contributed by atoms with van der Waals surface area (Å²) < 4.78 is 19.7. The molecule has 2 fully saturated rings. The zero-order valence-electron chi connectivity index (χ0n) is 13.7. The van der Waals surface area contributed by atoms with E-state index in [1.54, 1.807) is 18.2 Å². The highest BCUT2D eigenvalue weighted by atomic mass is 32.1. The maximum absolute atomic E-state index is 14.3. The molecule has 1 saturated heterocycles. The van der Waals surface area contributed by atoms with E-state index in [0.717, 1.165) is 17.8 Å². The average molecular weight is 362 g/mol. The monoisotopic (exact) mass is 362 g/mol. The number of carbonyl (C=O) groups is 1. The van der Waals surface area contributed by atoms with Gasteiger partial charge in [-0.3, -0.25) is 15.0 Å². The molecule has 1 atom stereocenters. The van der Waals surface area contributed by atoms with Crippen LogP contribution in [-0.2, 0) is 9.53 Å². The molecule has 1 aliphatic heterocycles. The lowest BCUT2D eigenvalue weighted by Crippen LogP contribution is -2.44. The third kappa shape index (κ3) is 3.70. The van der Waals surface area contributed by atoms with Gasteiger partial charge in [0.05, 0.1) is 13.2 Å². The molecule has 6 nitrogen and oxygen atoms in total. The van der Waals surface area contributed by atoms with E-state index in [0.29, 0.717) is 42.9 Å². The third-order valence-corrected chi connectivity index (χ3v) is 5.46. The highest BCUT2D eigenvalue weighted by molar-refractivity contribution is 7.15. The number of carbonyl (C=O) groups excluding carboxylic acids is 1. The summed E-state index contributed by atoms with van der Waals surface area (Å²) in [7, 11) is 0. The standard InChI is InChI=1S/C17H19FN4O2S/c18-13-4-2-1-3-12(13)14(22-7-9-24-10-8-22)15(23)19-17-21-20-16(25-17)11-5-6-11/h1-4,11,14H,5-10H2,(H,19,21,23). The predicted molar refractivity (Wildman–Crippen MR) is 92.0 cm³/mol. The lowest BCUT2D eigenvalue weighted by atomic mass is 10.0. The smallest absolute Gasteiger partial charge is 0.248 e. The number of anilines is 1. The van der Waals surface area contributed by atoms with Gasteiger partial charge >= 0.3 is 0 Å². The van der Waals surface area contributed by atoms with Crippen LogP contribution in [0.15, 0.2) is 24.3 Å². The molecule has 1 amide bonds. The van der Waals surface area contributed by atoms with Crippen LogP contribution in [0.3, 0.4) is 0 Å². The summed E-state index contributed by atoms with van der Waals surface area (Å²) >= 11 is 1.40. The summed E-state index contributed by atoms with van der Waals surface area (Å²) in [5.41, 5.74) is 0.369. The van der Waals surface area contributed by atoms with Crippen LogP contribution in [-0.4, -0.2) is 47.3 Å². The van der Waals surface area contributed by atoms with E-state index in [1.165, 1.54) is 17.4 Å². The van der Waals surface area contributed by atoms with Gasteiger partial charge in [0.25, 0.3) is 0 Å². The Morgan fingerprint density at radius 1 is 1.28 bits per heavy atom. The van der Waals surface area contributed by atoms with Gasteiger partial charge in [0, 0.05) is 24.6 Å². The van der Waals surface area contributed by atoms with E-state index in [9.17, 15) is 9.18 Å². The zero-order valence-corrected chi connectivity index (χ0v) is 14.5. The number of amides is 1. The minimum absolute atomic E-state index is 0.287. The maximum atomic E-state index is 14.3. The number of morpholine rings is 1. The molecule has 1 aromatic heterocycles. The van der Waals surface area contributed by atoms with Crippen molar-refractivity contribution in [1.82, 2.24) is 15.1 Å². The molecule has 1 saturated carbocycles. The molecule has 2 heterocycles. The number of hydrogen-bond acceptors (Lipinski definition) is 6. The first-order valence-corrected chi connectivity index (χ1v) is 9.24. The highest BCUT2D eigenvalue weighted by Gasteiger charge is 2.32. The molecule has 8 heteroatoms. The summed E-state index contributed by atoms with van der Waals surface area (Å²) in [6, 6.07) is 5.70. The molecule has 2 aliphatic rings. The number of aromatic nitrogens is 2. The van der Waals surface area contributed by atoms with Crippen molar-refractivity contribution in [2.45, 2.75) is 24.8 Å². The molecular weight excluding hydrogens is 343 g/mol. The number of nitrogens with zero attached hydrogens (tertiary/aromatic N) is 3. The molecule has 1 aromatic carbocycles. The normalized spacial score (nSPS) is 19.6. The Hall–Kier alpha value is -1.90. The number of rotatable bonds is 5. The van der Waals surface area contributed by atoms with Gasteiger partial charge in [-0.2, -0.15) is 0 Å². The second-order valence-electron chi connectivity index (χ2n) is 6.28. The van der Waals surface area contributed by atoms with E-state index in [1.807, 2.05) is 4.90 Å². The Labute approximate surface area is 149 Å². The summed E-state index contributed by atoms with van der Waals surface area (Å²) in [5.74, 6) is -0.180. The van der Waals surface area contributed by atoms with Crippen LogP contribution in [0.1, 0.15) is 35.4 Å². The van der Waals surface area contributed by atoms with Crippen LogP contribution in [0, 0.1) is 5.82 Å². The van der Waals surface area contributed by atoms with Crippen molar-refractivity contribution in [2.75, 3.05) is 31.6 Å². The van der Waals surface area contributed by atoms with E-state index in [4.69, 9.17) is 4.74 Å². The Kier molecular flexibility index (Phi) is 4.74. The number of ether oxygens (including phenoxy) is 1. The number of nitrogens with one attached hydrogen (secondary N) is 1. The minimum atomic E-state index is -0.710. The molecule has 4 rings (SSSR count). The highest BCUT2D eigenvalue weighted by Crippen LogP contribution is 2.42. The summed E-state index contributed by atoms with van der Waals surface area (Å²) in [6.07, 6.45) is 2.27. The summed E-state index contributed by atoms with van der Waals surface area (Å²) in [4.78, 5) is 14.9. The lowest BCUT2D eigenvalue weighted by molar-refractivity contribution is -0.123. The van der Waals surface area contributed by atoms with Crippen molar-refractivity contribution in [2.24, 2.45) is 0 Å². The first-order valence-electron chi connectivity index (χ1n) is 8.43. The first-order chi connectivity index (χ1) is 12.2. The molecule has 1 aliphatic carbocycles. The number of benzene rings is 1. The molecule has 0 radical (unpaired) electrons. The van der Waals surface area contributed by atoms with Gasteiger partial charge < -0.3 is 4.74 Å². The Bertz CT molecular complexity index is 759. The number of halogens is 1. The second-order valence-corrected chi connectivity index (χ2v) is 7.29. The molecule has 0 bridgehead atoms. The van der Waals surface area contributed by atoms with Crippen LogP contribution >= 0.6 is 11.3 Å². The van der Waals surface area contributed by atoms with Crippen molar-refractivity contribution in [3.05, 3.63) is 40.7 Å². The van der Waals surface area contributed by atoms with Gasteiger partial charge in [0.15, 0.2) is 0 Å². The first kappa shape index (κ1) is 16.6. The van der Waals surface area contributed by atoms with E-state index >= 15 is 0 Å². The minimum Gasteiger partial charge on any atom is -0.379 e. The van der Waals surface area contributed by atoms with E-state index in [2.05, 4.69) is 15.5 Å². The average Bonchev–Trinajstić information content (AvgIpc) is 3.38. The second kappa shape index (κ2) is 7.15. The molecular formula is C17H19FN4O2S. The zero-order chi connectivity index (χ0) is 17.2. The van der Waals surface area contributed by atoms with Crippen LogP contribution in [0.2, 0.25) is 0 Å². The fourth-order valence-electron chi connectivity index (χ4n) is 2.99. The van der Waals surface area contributed by atoms with Gasteiger partial charge in [-0.1, -0.05) is 29.5 Å². The fourth-order valence-corrected chi connectivity index (χ4v) is 3.91. The molecule has 25 heavy (non-hydrogen) atoms. The van der Waals surface area contributed by atoms with Crippen LogP contribution < -0.4 is 5.32 Å². The molecule has 1 unspecified atom stereocenters. The quantitative estimate of drug-likeness (QED) is 0.885. The van der Waals surface area contributed by atoms with E-state index in [-0.39, 0.29) is 11.7 Å². The van der Waals surface area contributed by atoms with Gasteiger partial charge in [0.1, 0.15) is 16.9 Å². The van der Waals surface area contributed by atoms with Crippen LogP contribution in [0.5, 0.6) is 0 Å². The van der Waals surface area contributed by atoms with Crippen molar-refractivity contribution in [1.29, 1.82) is 0 Å². The predicted octanol–water partition coefficient (Wildman–Crippen LogP) is 2.57. The Morgan fingerprint density at radius 3 is 2.76 bits per heavy atom. The largest absolute Gasteiger partial charge is 0.379 e. The van der Waals surface area contributed by atoms with Crippen LogP contribution in [0.25, 0.3) is 0 Å². The maximum Gasteiger partial charge on any atom is 0.248 e. The molecule has 0 spiro atoms.